The van der Waals surface area contributed by atoms with E-state index < -0.39 is 5.97 Å². The van der Waals surface area contributed by atoms with Gasteiger partial charge < -0.3 is 20.3 Å². The van der Waals surface area contributed by atoms with Crippen molar-refractivity contribution in [2.45, 2.75) is 13.3 Å². The number of hydrogen-bond acceptors (Lipinski definition) is 4. The summed E-state index contributed by atoms with van der Waals surface area (Å²) in [5.41, 5.74) is 0.0734. The molecule has 1 rings (SSSR count). The number of anilines is 1. The van der Waals surface area contributed by atoms with Crippen LogP contribution in [0.3, 0.4) is 0 Å². The number of benzene rings is 1. The Kier molecular flexibility index (Phi) is 5.13. The largest absolute Gasteiger partial charge is 0.506 e. The number of carboxylic acid groups (broad SMARTS) is 1. The lowest BCUT2D eigenvalue weighted by atomic mass is 10.2. The fourth-order valence-corrected chi connectivity index (χ4v) is 1.29. The first-order chi connectivity index (χ1) is 8.54. The summed E-state index contributed by atoms with van der Waals surface area (Å²) in [5.74, 6) is -1.65. The second-order valence-electron chi connectivity index (χ2n) is 3.53. The minimum absolute atomic E-state index is 0.00657. The van der Waals surface area contributed by atoms with Crippen LogP contribution in [0.15, 0.2) is 18.2 Å². The summed E-state index contributed by atoms with van der Waals surface area (Å²) in [7, 11) is 0. The summed E-state index contributed by atoms with van der Waals surface area (Å²) in [6.07, 6.45) is 0.143. The van der Waals surface area contributed by atoms with Gasteiger partial charge in [-0.1, -0.05) is 0 Å². The number of ether oxygens (including phenoxy) is 1. The number of nitrogens with one attached hydrogen (secondary N) is 1. The number of carboxylic acids is 1. The van der Waals surface area contributed by atoms with E-state index in [1.165, 1.54) is 18.2 Å². The van der Waals surface area contributed by atoms with Gasteiger partial charge >= 0.3 is 5.97 Å². The van der Waals surface area contributed by atoms with E-state index in [0.29, 0.717) is 6.61 Å². The number of aromatic carboxylic acids is 1. The minimum Gasteiger partial charge on any atom is -0.506 e. The molecule has 3 N–H and O–H groups in total. The van der Waals surface area contributed by atoms with Gasteiger partial charge in [0, 0.05) is 6.61 Å². The molecule has 0 unspecified atom stereocenters. The summed E-state index contributed by atoms with van der Waals surface area (Å²) in [6.45, 7) is 2.62. The molecule has 0 heterocycles. The molecule has 0 spiro atoms. The number of phenols is 1. The van der Waals surface area contributed by atoms with E-state index in [2.05, 4.69) is 5.32 Å². The smallest absolute Gasteiger partial charge is 0.335 e. The fourth-order valence-electron chi connectivity index (χ4n) is 1.29. The molecule has 0 fully saturated rings. The van der Waals surface area contributed by atoms with Crippen molar-refractivity contribution in [1.29, 1.82) is 0 Å². The SMILES string of the molecule is CCOCCC(=O)Nc1cc(C(=O)O)ccc1O. The number of carbonyl (C=O) groups is 2. The summed E-state index contributed by atoms with van der Waals surface area (Å²) in [6, 6.07) is 3.69. The number of carbonyl (C=O) groups excluding carboxylic acids is 1. The zero-order chi connectivity index (χ0) is 13.5. The minimum atomic E-state index is -1.13. The van der Waals surface area contributed by atoms with Crippen LogP contribution in [-0.2, 0) is 9.53 Å². The second-order valence-corrected chi connectivity index (χ2v) is 3.53. The second kappa shape index (κ2) is 6.61. The maximum atomic E-state index is 11.5. The van der Waals surface area contributed by atoms with Crippen LogP contribution in [-0.4, -0.2) is 35.3 Å². The molecule has 18 heavy (non-hydrogen) atoms. The lowest BCUT2D eigenvalue weighted by Crippen LogP contribution is -2.14. The van der Waals surface area contributed by atoms with Crippen LogP contribution in [0.4, 0.5) is 5.69 Å². The van der Waals surface area contributed by atoms with Gasteiger partial charge in [-0.15, -0.1) is 0 Å². The highest BCUT2D eigenvalue weighted by Crippen LogP contribution is 2.24. The van der Waals surface area contributed by atoms with Crippen LogP contribution in [0.2, 0.25) is 0 Å². The Balaban J connectivity index is 2.68. The van der Waals surface area contributed by atoms with Crippen LogP contribution in [0, 0.1) is 0 Å². The molecular formula is C12H15NO5. The first kappa shape index (κ1) is 14.0. The third kappa shape index (κ3) is 4.06. The van der Waals surface area contributed by atoms with Gasteiger partial charge in [-0.25, -0.2) is 4.79 Å². The molecule has 0 saturated carbocycles. The predicted octanol–water partition coefficient (Wildman–Crippen LogP) is 1.46. The van der Waals surface area contributed by atoms with E-state index in [-0.39, 0.29) is 35.9 Å². The quantitative estimate of drug-likeness (QED) is 0.527. The lowest BCUT2D eigenvalue weighted by molar-refractivity contribution is -0.117. The molecule has 1 aromatic carbocycles. The molecule has 0 aliphatic rings. The average molecular weight is 253 g/mol. The monoisotopic (exact) mass is 253 g/mol. The Bertz CT molecular complexity index is 444. The molecule has 0 aromatic heterocycles. The van der Waals surface area contributed by atoms with Crippen molar-refractivity contribution >= 4 is 17.6 Å². The summed E-state index contributed by atoms with van der Waals surface area (Å²) < 4.78 is 5.02. The van der Waals surface area contributed by atoms with Gasteiger partial charge in [-0.05, 0) is 25.1 Å². The van der Waals surface area contributed by atoms with E-state index in [9.17, 15) is 14.7 Å². The number of hydrogen-bond donors (Lipinski definition) is 3. The van der Waals surface area contributed by atoms with Gasteiger partial charge in [0.2, 0.25) is 5.91 Å². The highest BCUT2D eigenvalue weighted by atomic mass is 16.5. The Morgan fingerprint density at radius 1 is 1.39 bits per heavy atom. The highest BCUT2D eigenvalue weighted by Gasteiger charge is 2.10. The van der Waals surface area contributed by atoms with Crippen molar-refractivity contribution in [2.24, 2.45) is 0 Å². The molecule has 0 atom stereocenters. The molecule has 1 amide bonds. The van der Waals surface area contributed by atoms with Gasteiger partial charge in [0.1, 0.15) is 5.75 Å². The molecule has 0 saturated heterocycles. The van der Waals surface area contributed by atoms with Crippen molar-refractivity contribution < 1.29 is 24.5 Å². The number of rotatable bonds is 6. The van der Waals surface area contributed by atoms with Crippen molar-refractivity contribution in [1.82, 2.24) is 0 Å². The molecule has 0 aliphatic heterocycles. The topological polar surface area (TPSA) is 95.9 Å². The molecule has 0 radical (unpaired) electrons. The summed E-state index contributed by atoms with van der Waals surface area (Å²) >= 11 is 0. The van der Waals surface area contributed by atoms with Gasteiger partial charge in [-0.2, -0.15) is 0 Å². The Labute approximate surface area is 104 Å². The maximum absolute atomic E-state index is 11.5. The first-order valence-corrected chi connectivity index (χ1v) is 5.48. The number of phenolic OH excluding ortho intramolecular Hbond substituents is 1. The van der Waals surface area contributed by atoms with E-state index in [1.807, 2.05) is 6.92 Å². The molecule has 6 heteroatoms. The maximum Gasteiger partial charge on any atom is 0.335 e. The van der Waals surface area contributed by atoms with Crippen LogP contribution < -0.4 is 5.32 Å². The normalized spacial score (nSPS) is 10.1. The fraction of sp³-hybridized carbons (Fsp3) is 0.333. The Hall–Kier alpha value is -2.08. The van der Waals surface area contributed by atoms with Crippen LogP contribution in [0.1, 0.15) is 23.7 Å². The van der Waals surface area contributed by atoms with Crippen molar-refractivity contribution in [3.8, 4) is 5.75 Å². The van der Waals surface area contributed by atoms with Crippen molar-refractivity contribution in [3.05, 3.63) is 23.8 Å². The van der Waals surface area contributed by atoms with Gasteiger partial charge in [0.05, 0.1) is 24.3 Å². The molecule has 0 bridgehead atoms. The first-order valence-electron chi connectivity index (χ1n) is 5.48. The Morgan fingerprint density at radius 3 is 2.72 bits per heavy atom. The lowest BCUT2D eigenvalue weighted by Gasteiger charge is -2.08. The zero-order valence-electron chi connectivity index (χ0n) is 9.97. The predicted molar refractivity (Wildman–Crippen MR) is 64.8 cm³/mol. The summed E-state index contributed by atoms with van der Waals surface area (Å²) in [5, 5.41) is 20.7. The van der Waals surface area contributed by atoms with E-state index in [4.69, 9.17) is 9.84 Å². The molecule has 98 valence electrons. The van der Waals surface area contributed by atoms with E-state index in [1.54, 1.807) is 0 Å². The molecule has 6 nitrogen and oxygen atoms in total. The molecular weight excluding hydrogens is 238 g/mol. The van der Waals surface area contributed by atoms with Crippen molar-refractivity contribution in [2.75, 3.05) is 18.5 Å². The standard InChI is InChI=1S/C12H15NO5/c1-2-18-6-5-11(15)13-9-7-8(12(16)17)3-4-10(9)14/h3-4,7,14H,2,5-6H2,1H3,(H,13,15)(H,16,17). The third-order valence-electron chi connectivity index (χ3n) is 2.20. The van der Waals surface area contributed by atoms with E-state index >= 15 is 0 Å². The number of amides is 1. The Morgan fingerprint density at radius 2 is 2.11 bits per heavy atom. The zero-order valence-corrected chi connectivity index (χ0v) is 9.97. The van der Waals surface area contributed by atoms with Crippen LogP contribution >= 0.6 is 0 Å². The van der Waals surface area contributed by atoms with Gasteiger partial charge in [0.25, 0.3) is 0 Å². The highest BCUT2D eigenvalue weighted by molar-refractivity contribution is 5.95. The number of aromatic hydroxyl groups is 1. The summed E-state index contributed by atoms with van der Waals surface area (Å²) in [4.78, 5) is 22.2. The van der Waals surface area contributed by atoms with Gasteiger partial charge in [0.15, 0.2) is 0 Å². The van der Waals surface area contributed by atoms with Crippen LogP contribution in [0.5, 0.6) is 5.75 Å². The van der Waals surface area contributed by atoms with E-state index in [0.717, 1.165) is 0 Å². The van der Waals surface area contributed by atoms with Crippen LogP contribution in [0.25, 0.3) is 0 Å². The molecule has 1 aromatic rings. The van der Waals surface area contributed by atoms with Gasteiger partial charge in [-0.3, -0.25) is 4.79 Å². The molecule has 0 aliphatic carbocycles. The third-order valence-corrected chi connectivity index (χ3v) is 2.20. The van der Waals surface area contributed by atoms with Crippen molar-refractivity contribution in [3.63, 3.8) is 0 Å². The average Bonchev–Trinajstić information content (AvgIpc) is 2.32.